The van der Waals surface area contributed by atoms with Crippen molar-refractivity contribution in [2.24, 2.45) is 0 Å². The van der Waals surface area contributed by atoms with E-state index in [0.29, 0.717) is 0 Å². The normalized spacial score (nSPS) is 11.5. The van der Waals surface area contributed by atoms with E-state index in [1.807, 2.05) is 0 Å². The average Bonchev–Trinajstić information content (AvgIpc) is 2.12. The number of hydrogen-bond acceptors (Lipinski definition) is 2. The minimum atomic E-state index is -4.69. The first-order chi connectivity index (χ1) is 4.58. The van der Waals surface area contributed by atoms with Crippen LogP contribution in [0.3, 0.4) is 0 Å². The number of hydrogen-bond donors (Lipinski definition) is 0. The van der Waals surface area contributed by atoms with E-state index in [1.165, 1.54) is 6.07 Å². The molecule has 5 heteroatoms. The minimum absolute atomic E-state index is 0.604. The van der Waals surface area contributed by atoms with Gasteiger partial charge in [-0.15, -0.1) is 13.2 Å². The number of furan rings is 1. The highest BCUT2D eigenvalue weighted by Gasteiger charge is 2.32. The van der Waals surface area contributed by atoms with Gasteiger partial charge >= 0.3 is 6.36 Å². The van der Waals surface area contributed by atoms with Gasteiger partial charge in [-0.05, 0) is 6.07 Å². The molecule has 0 aliphatic rings. The molecular formula is C5H2F3O2. The topological polar surface area (TPSA) is 22.4 Å². The van der Waals surface area contributed by atoms with Crippen LogP contribution < -0.4 is 4.74 Å². The van der Waals surface area contributed by atoms with Gasteiger partial charge in [0.2, 0.25) is 0 Å². The lowest BCUT2D eigenvalue weighted by atomic mass is 10.7. The van der Waals surface area contributed by atoms with Crippen LogP contribution in [0.4, 0.5) is 13.2 Å². The third-order valence-electron chi connectivity index (χ3n) is 0.663. The Morgan fingerprint density at radius 1 is 1.50 bits per heavy atom. The standard InChI is InChI=1S/C5H2F3O2/c6-5(7,8)10-4-2-1-3-9-4/h1-2H. The van der Waals surface area contributed by atoms with E-state index in [1.54, 1.807) is 0 Å². The first kappa shape index (κ1) is 6.98. The van der Waals surface area contributed by atoms with Crippen molar-refractivity contribution in [1.29, 1.82) is 0 Å². The molecule has 0 aromatic carbocycles. The third-order valence-corrected chi connectivity index (χ3v) is 0.663. The van der Waals surface area contributed by atoms with Gasteiger partial charge in [0.15, 0.2) is 6.26 Å². The second-order valence-corrected chi connectivity index (χ2v) is 1.42. The predicted molar refractivity (Wildman–Crippen MR) is 24.2 cm³/mol. The molecule has 0 aliphatic carbocycles. The fourth-order valence-corrected chi connectivity index (χ4v) is 0.397. The lowest BCUT2D eigenvalue weighted by molar-refractivity contribution is -0.280. The zero-order chi connectivity index (χ0) is 7.61. The van der Waals surface area contributed by atoms with Crippen LogP contribution in [-0.2, 0) is 0 Å². The van der Waals surface area contributed by atoms with Crippen LogP contribution in [0.1, 0.15) is 0 Å². The lowest BCUT2D eigenvalue weighted by Gasteiger charge is -2.03. The Bertz CT molecular complexity index is 189. The van der Waals surface area contributed by atoms with Crippen molar-refractivity contribution in [2.45, 2.75) is 6.36 Å². The summed E-state index contributed by atoms with van der Waals surface area (Å²) in [5.74, 6) is -0.604. The second kappa shape index (κ2) is 2.24. The van der Waals surface area contributed by atoms with E-state index in [2.05, 4.69) is 15.4 Å². The lowest BCUT2D eigenvalue weighted by Crippen LogP contribution is -2.16. The summed E-state index contributed by atoms with van der Waals surface area (Å²) in [7, 11) is 0. The van der Waals surface area contributed by atoms with Crippen LogP contribution >= 0.6 is 0 Å². The van der Waals surface area contributed by atoms with Gasteiger partial charge in [-0.25, -0.2) is 0 Å². The maximum atomic E-state index is 11.3. The highest BCUT2D eigenvalue weighted by atomic mass is 19.4. The minimum Gasteiger partial charge on any atom is -0.422 e. The molecule has 0 aliphatic heterocycles. The van der Waals surface area contributed by atoms with Crippen LogP contribution in [0.5, 0.6) is 5.95 Å². The highest BCUT2D eigenvalue weighted by molar-refractivity contribution is 5.03. The SMILES string of the molecule is FC(F)(F)Oc1cc[c]o1. The van der Waals surface area contributed by atoms with Crippen LogP contribution in [0.15, 0.2) is 16.5 Å². The molecule has 0 saturated carbocycles. The van der Waals surface area contributed by atoms with Crippen LogP contribution in [-0.4, -0.2) is 6.36 Å². The van der Waals surface area contributed by atoms with Gasteiger partial charge in [0, 0.05) is 6.07 Å². The molecule has 1 aromatic rings. The van der Waals surface area contributed by atoms with E-state index < -0.39 is 12.3 Å². The highest BCUT2D eigenvalue weighted by Crippen LogP contribution is 2.21. The van der Waals surface area contributed by atoms with E-state index >= 15 is 0 Å². The van der Waals surface area contributed by atoms with Crippen molar-refractivity contribution in [2.75, 3.05) is 0 Å². The van der Waals surface area contributed by atoms with Gasteiger partial charge in [-0.3, -0.25) is 0 Å². The fraction of sp³-hybridized carbons (Fsp3) is 0.200. The van der Waals surface area contributed by atoms with E-state index in [-0.39, 0.29) is 0 Å². The Morgan fingerprint density at radius 3 is 2.60 bits per heavy atom. The summed E-state index contributed by atoms with van der Waals surface area (Å²) in [5.41, 5.74) is 0. The van der Waals surface area contributed by atoms with E-state index in [9.17, 15) is 13.2 Å². The Morgan fingerprint density at radius 2 is 2.20 bits per heavy atom. The molecule has 10 heavy (non-hydrogen) atoms. The zero-order valence-corrected chi connectivity index (χ0v) is 4.61. The van der Waals surface area contributed by atoms with Crippen LogP contribution in [0.25, 0.3) is 0 Å². The Balaban J connectivity index is 2.57. The molecule has 0 bridgehead atoms. The molecule has 1 aromatic heterocycles. The summed E-state index contributed by atoms with van der Waals surface area (Å²) in [6, 6.07) is 2.20. The van der Waals surface area contributed by atoms with Crippen LogP contribution in [0, 0.1) is 6.26 Å². The number of alkyl halides is 3. The molecule has 0 saturated heterocycles. The van der Waals surface area contributed by atoms with Crippen molar-refractivity contribution in [3.8, 4) is 5.95 Å². The van der Waals surface area contributed by atoms with Gasteiger partial charge in [0.1, 0.15) is 0 Å². The second-order valence-electron chi connectivity index (χ2n) is 1.42. The Labute approximate surface area is 54.2 Å². The maximum Gasteiger partial charge on any atom is 0.575 e. The zero-order valence-electron chi connectivity index (χ0n) is 4.61. The van der Waals surface area contributed by atoms with Crippen molar-refractivity contribution >= 4 is 0 Å². The van der Waals surface area contributed by atoms with Gasteiger partial charge in [0.05, 0.1) is 0 Å². The predicted octanol–water partition coefficient (Wildman–Crippen LogP) is 1.98. The fourth-order valence-electron chi connectivity index (χ4n) is 0.397. The first-order valence-electron chi connectivity index (χ1n) is 2.29. The molecular weight excluding hydrogens is 149 g/mol. The molecule has 1 heterocycles. The van der Waals surface area contributed by atoms with E-state index in [0.717, 1.165) is 6.07 Å². The monoisotopic (exact) mass is 151 g/mol. The number of ether oxygens (including phenoxy) is 1. The molecule has 1 rings (SSSR count). The molecule has 55 valence electrons. The molecule has 0 atom stereocenters. The molecule has 0 unspecified atom stereocenters. The van der Waals surface area contributed by atoms with Crippen molar-refractivity contribution < 1.29 is 22.3 Å². The summed E-state index contributed by atoms with van der Waals surface area (Å²) >= 11 is 0. The molecule has 2 nitrogen and oxygen atoms in total. The number of rotatable bonds is 1. The van der Waals surface area contributed by atoms with Gasteiger partial charge in [0.25, 0.3) is 5.95 Å². The van der Waals surface area contributed by atoms with E-state index in [4.69, 9.17) is 0 Å². The van der Waals surface area contributed by atoms with Gasteiger partial charge < -0.3 is 9.15 Å². The summed E-state index contributed by atoms with van der Waals surface area (Å²) < 4.78 is 41.5. The molecule has 1 radical (unpaired) electrons. The smallest absolute Gasteiger partial charge is 0.422 e. The third kappa shape index (κ3) is 2.00. The molecule has 0 fully saturated rings. The largest absolute Gasteiger partial charge is 0.575 e. The summed E-state index contributed by atoms with van der Waals surface area (Å²) in [6.07, 6.45) is -2.64. The Kier molecular flexibility index (Phi) is 1.57. The maximum absolute atomic E-state index is 11.3. The molecule has 0 spiro atoms. The quantitative estimate of drug-likeness (QED) is 0.612. The summed E-state index contributed by atoms with van der Waals surface area (Å²) in [5, 5.41) is 0. The average molecular weight is 151 g/mol. The molecule has 0 N–H and O–H groups in total. The summed E-state index contributed by atoms with van der Waals surface area (Å²) in [4.78, 5) is 0. The van der Waals surface area contributed by atoms with Crippen molar-refractivity contribution in [1.82, 2.24) is 0 Å². The number of halogens is 3. The van der Waals surface area contributed by atoms with Crippen LogP contribution in [0.2, 0.25) is 0 Å². The van der Waals surface area contributed by atoms with Gasteiger partial charge in [-0.1, -0.05) is 0 Å². The van der Waals surface area contributed by atoms with Gasteiger partial charge in [-0.2, -0.15) is 0 Å². The molecule has 0 amide bonds. The Hall–Kier alpha value is -1.13. The van der Waals surface area contributed by atoms with Crippen molar-refractivity contribution in [3.63, 3.8) is 0 Å². The first-order valence-corrected chi connectivity index (χ1v) is 2.29. The van der Waals surface area contributed by atoms with Crippen molar-refractivity contribution in [3.05, 3.63) is 18.4 Å². The summed E-state index contributed by atoms with van der Waals surface area (Å²) in [6.45, 7) is 0.